The lowest BCUT2D eigenvalue weighted by atomic mass is 9.98. The summed E-state index contributed by atoms with van der Waals surface area (Å²) in [6.07, 6.45) is 3.47. The summed E-state index contributed by atoms with van der Waals surface area (Å²) in [6, 6.07) is 1.93. The first-order valence-corrected chi connectivity index (χ1v) is 5.69. The number of hydrogen-bond donors (Lipinski definition) is 3. The van der Waals surface area contributed by atoms with Gasteiger partial charge in [-0.1, -0.05) is 0 Å². The van der Waals surface area contributed by atoms with Crippen molar-refractivity contribution in [3.8, 4) is 0 Å². The van der Waals surface area contributed by atoms with E-state index in [1.54, 1.807) is 13.3 Å². The molecule has 2 aromatic rings. The number of methoxy groups -OCH3 is 1. The third-order valence-corrected chi connectivity index (χ3v) is 3.17. The van der Waals surface area contributed by atoms with Gasteiger partial charge in [0.15, 0.2) is 0 Å². The number of hydrogen-bond acceptors (Lipinski definition) is 4. The minimum Gasteiger partial charge on any atom is -0.382 e. The molecule has 18 heavy (non-hydrogen) atoms. The van der Waals surface area contributed by atoms with Crippen molar-refractivity contribution in [1.82, 2.24) is 9.97 Å². The average Bonchev–Trinajstić information content (AvgIpc) is 2.80. The van der Waals surface area contributed by atoms with Crippen LogP contribution in [0.3, 0.4) is 0 Å². The zero-order valence-corrected chi connectivity index (χ0v) is 10.2. The highest BCUT2D eigenvalue weighted by atomic mass is 16.5. The van der Waals surface area contributed by atoms with E-state index >= 15 is 0 Å². The third kappa shape index (κ3) is 1.46. The van der Waals surface area contributed by atoms with E-state index in [0.717, 1.165) is 16.7 Å². The largest absolute Gasteiger partial charge is 0.382 e. The highest BCUT2D eigenvalue weighted by molar-refractivity contribution is 6.11. The molecule has 0 bridgehead atoms. The van der Waals surface area contributed by atoms with E-state index in [2.05, 4.69) is 20.6 Å². The van der Waals surface area contributed by atoms with Gasteiger partial charge in [0.1, 0.15) is 11.2 Å². The molecule has 0 saturated carbocycles. The van der Waals surface area contributed by atoms with E-state index in [-0.39, 0.29) is 5.91 Å². The number of fused-ring (bicyclic) bond motifs is 3. The quantitative estimate of drug-likeness (QED) is 0.747. The van der Waals surface area contributed by atoms with Gasteiger partial charge in [0, 0.05) is 18.7 Å². The van der Waals surface area contributed by atoms with Gasteiger partial charge in [0.25, 0.3) is 5.91 Å². The van der Waals surface area contributed by atoms with E-state index in [9.17, 15) is 4.79 Å². The van der Waals surface area contributed by atoms with Gasteiger partial charge in [-0.25, -0.2) is 4.98 Å². The maximum Gasteiger partial charge on any atom is 0.252 e. The average molecular weight is 246 g/mol. The molecule has 0 radical (unpaired) electrons. The summed E-state index contributed by atoms with van der Waals surface area (Å²) in [7, 11) is 1.58. The van der Waals surface area contributed by atoms with Crippen LogP contribution in [-0.2, 0) is 9.53 Å². The van der Waals surface area contributed by atoms with Crippen molar-refractivity contribution in [2.45, 2.75) is 12.5 Å². The Balaban J connectivity index is 2.13. The summed E-state index contributed by atoms with van der Waals surface area (Å²) >= 11 is 0. The molecule has 1 atom stereocenters. The Morgan fingerprint density at radius 2 is 2.33 bits per heavy atom. The summed E-state index contributed by atoms with van der Waals surface area (Å²) in [5.41, 5.74) is 1.59. The molecule has 1 aliphatic heterocycles. The van der Waals surface area contributed by atoms with Crippen molar-refractivity contribution >= 4 is 28.3 Å². The van der Waals surface area contributed by atoms with E-state index in [4.69, 9.17) is 4.74 Å². The minimum absolute atomic E-state index is 0.117. The Bertz CT molecular complexity index is 622. The van der Waals surface area contributed by atoms with Crippen LogP contribution in [-0.4, -0.2) is 35.1 Å². The highest BCUT2D eigenvalue weighted by Crippen LogP contribution is 2.35. The molecule has 1 aliphatic rings. The van der Waals surface area contributed by atoms with Crippen molar-refractivity contribution in [3.05, 3.63) is 18.5 Å². The Labute approximate surface area is 104 Å². The normalized spacial score (nSPS) is 22.4. The van der Waals surface area contributed by atoms with Crippen LogP contribution in [0.4, 0.5) is 11.4 Å². The van der Waals surface area contributed by atoms with Gasteiger partial charge in [0.2, 0.25) is 0 Å². The molecule has 0 aliphatic carbocycles. The number of H-pyrrole nitrogens is 1. The van der Waals surface area contributed by atoms with Gasteiger partial charge in [-0.3, -0.25) is 4.79 Å². The van der Waals surface area contributed by atoms with Gasteiger partial charge < -0.3 is 20.4 Å². The van der Waals surface area contributed by atoms with Gasteiger partial charge >= 0.3 is 0 Å². The molecule has 6 nitrogen and oxygen atoms in total. The molecular weight excluding hydrogens is 232 g/mol. The number of carbonyl (C=O) groups excluding carboxylic acids is 1. The Morgan fingerprint density at radius 1 is 1.50 bits per heavy atom. The van der Waals surface area contributed by atoms with Gasteiger partial charge in [0.05, 0.1) is 24.2 Å². The Kier molecular flexibility index (Phi) is 2.27. The molecule has 3 rings (SSSR count). The number of aromatic nitrogens is 2. The second-order valence-corrected chi connectivity index (χ2v) is 4.63. The van der Waals surface area contributed by atoms with Crippen molar-refractivity contribution in [2.24, 2.45) is 0 Å². The number of ether oxygens (including phenoxy) is 1. The second kappa shape index (κ2) is 3.71. The van der Waals surface area contributed by atoms with Gasteiger partial charge in [-0.05, 0) is 13.0 Å². The maximum absolute atomic E-state index is 12.1. The first-order chi connectivity index (χ1) is 8.64. The van der Waals surface area contributed by atoms with Crippen molar-refractivity contribution in [3.63, 3.8) is 0 Å². The van der Waals surface area contributed by atoms with Gasteiger partial charge in [-0.15, -0.1) is 0 Å². The van der Waals surface area contributed by atoms with Crippen LogP contribution in [0.2, 0.25) is 0 Å². The fourth-order valence-electron chi connectivity index (χ4n) is 2.22. The number of aromatic amines is 1. The summed E-state index contributed by atoms with van der Waals surface area (Å²) in [5.74, 6) is -0.117. The first-order valence-electron chi connectivity index (χ1n) is 5.69. The number of amides is 1. The van der Waals surface area contributed by atoms with Crippen molar-refractivity contribution in [1.29, 1.82) is 0 Å². The summed E-state index contributed by atoms with van der Waals surface area (Å²) in [5, 5.41) is 7.07. The molecule has 1 amide bonds. The molecule has 0 aromatic carbocycles. The number of pyridine rings is 1. The molecule has 94 valence electrons. The molecular formula is C12H14N4O2. The number of carbonyl (C=O) groups is 1. The number of nitrogens with zero attached hydrogens (tertiary/aromatic N) is 1. The first kappa shape index (κ1) is 11.0. The number of nitrogens with one attached hydrogen (secondary N) is 3. The molecule has 0 unspecified atom stereocenters. The molecule has 0 fully saturated rings. The molecule has 0 spiro atoms. The molecule has 3 N–H and O–H groups in total. The zero-order valence-electron chi connectivity index (χ0n) is 10.2. The monoisotopic (exact) mass is 246 g/mol. The lowest BCUT2D eigenvalue weighted by Crippen LogP contribution is -2.53. The van der Waals surface area contributed by atoms with Crippen LogP contribution in [0.1, 0.15) is 6.92 Å². The van der Waals surface area contributed by atoms with Crippen LogP contribution >= 0.6 is 0 Å². The fraction of sp³-hybridized carbons (Fsp3) is 0.333. The highest BCUT2D eigenvalue weighted by Gasteiger charge is 2.38. The van der Waals surface area contributed by atoms with E-state index in [0.29, 0.717) is 12.3 Å². The van der Waals surface area contributed by atoms with Crippen LogP contribution in [0.25, 0.3) is 11.0 Å². The SMILES string of the molecule is COC[C@]1(C)Nc2c(cnc3[nH]ccc23)NC1=O. The predicted octanol–water partition coefficient (Wildman–Crippen LogP) is 1.33. The second-order valence-electron chi connectivity index (χ2n) is 4.63. The topological polar surface area (TPSA) is 79.0 Å². The van der Waals surface area contributed by atoms with E-state index in [1.807, 2.05) is 19.2 Å². The Hall–Kier alpha value is -2.08. The smallest absolute Gasteiger partial charge is 0.252 e. The third-order valence-electron chi connectivity index (χ3n) is 3.17. The van der Waals surface area contributed by atoms with Crippen LogP contribution in [0.15, 0.2) is 18.5 Å². The molecule has 6 heteroatoms. The number of anilines is 2. The summed E-state index contributed by atoms with van der Waals surface area (Å²) < 4.78 is 5.12. The molecule has 2 aromatic heterocycles. The zero-order chi connectivity index (χ0) is 12.8. The Morgan fingerprint density at radius 3 is 3.11 bits per heavy atom. The molecule has 0 saturated heterocycles. The minimum atomic E-state index is -0.771. The van der Waals surface area contributed by atoms with Gasteiger partial charge in [-0.2, -0.15) is 0 Å². The van der Waals surface area contributed by atoms with E-state index in [1.165, 1.54) is 0 Å². The number of rotatable bonds is 2. The van der Waals surface area contributed by atoms with Crippen molar-refractivity contribution < 1.29 is 9.53 Å². The van der Waals surface area contributed by atoms with Crippen LogP contribution in [0.5, 0.6) is 0 Å². The van der Waals surface area contributed by atoms with Crippen LogP contribution < -0.4 is 10.6 Å². The van der Waals surface area contributed by atoms with Crippen molar-refractivity contribution in [2.75, 3.05) is 24.4 Å². The lowest BCUT2D eigenvalue weighted by Gasteiger charge is -2.35. The predicted molar refractivity (Wildman–Crippen MR) is 68.6 cm³/mol. The molecule has 3 heterocycles. The summed E-state index contributed by atoms with van der Waals surface area (Å²) in [6.45, 7) is 2.11. The summed E-state index contributed by atoms with van der Waals surface area (Å²) in [4.78, 5) is 19.3. The lowest BCUT2D eigenvalue weighted by molar-refractivity contribution is -0.121. The van der Waals surface area contributed by atoms with Crippen LogP contribution in [0, 0.1) is 0 Å². The van der Waals surface area contributed by atoms with E-state index < -0.39 is 5.54 Å². The maximum atomic E-state index is 12.1. The fourth-order valence-corrected chi connectivity index (χ4v) is 2.22. The standard InChI is InChI=1S/C12H14N4O2/c1-12(6-18-2)11(17)15-8-5-14-10-7(3-4-13-10)9(8)16-12/h3-5,16H,6H2,1-2H3,(H,13,14)(H,15,17)/t12-/m0/s1.